The Morgan fingerprint density at radius 3 is 2.47 bits per heavy atom. The molecule has 0 atom stereocenters. The minimum absolute atomic E-state index is 0.0548. The predicted molar refractivity (Wildman–Crippen MR) is 69.1 cm³/mol. The Labute approximate surface area is 103 Å². The Morgan fingerprint density at radius 1 is 1.41 bits per heavy atom. The molecule has 96 valence electrons. The first-order valence-corrected chi connectivity index (χ1v) is 5.83. The lowest BCUT2D eigenvalue weighted by Gasteiger charge is -2.05. The number of hydrogen-bond acceptors (Lipinski definition) is 3. The van der Waals surface area contributed by atoms with Gasteiger partial charge in [0.2, 0.25) is 0 Å². The van der Waals surface area contributed by atoms with Crippen molar-refractivity contribution in [1.82, 2.24) is 0 Å². The molecule has 0 aromatic carbocycles. The van der Waals surface area contributed by atoms with Crippen LogP contribution in [0.4, 0.5) is 0 Å². The molecule has 4 heteroatoms. The van der Waals surface area contributed by atoms with E-state index >= 15 is 0 Å². The molecular formula is C13H21NO3. The first-order chi connectivity index (χ1) is 8.06. The van der Waals surface area contributed by atoms with Crippen molar-refractivity contribution < 1.29 is 9.66 Å². The summed E-state index contributed by atoms with van der Waals surface area (Å²) in [5.74, 6) is 0.583. The molecule has 4 nitrogen and oxygen atoms in total. The molecule has 0 aromatic rings. The van der Waals surface area contributed by atoms with E-state index in [9.17, 15) is 10.1 Å². The average molecular weight is 239 g/mol. The summed E-state index contributed by atoms with van der Waals surface area (Å²) in [5, 5.41) is 10.8. The van der Waals surface area contributed by atoms with E-state index in [2.05, 4.69) is 6.92 Å². The summed E-state index contributed by atoms with van der Waals surface area (Å²) in [6, 6.07) is 0. The summed E-state index contributed by atoms with van der Waals surface area (Å²) in [5.41, 5.74) is 1.08. The van der Waals surface area contributed by atoms with Crippen molar-refractivity contribution in [2.75, 3.05) is 7.11 Å². The van der Waals surface area contributed by atoms with E-state index in [0.29, 0.717) is 5.76 Å². The van der Waals surface area contributed by atoms with Crippen molar-refractivity contribution in [3.8, 4) is 0 Å². The number of ether oxygens (including phenoxy) is 1. The van der Waals surface area contributed by atoms with Gasteiger partial charge in [0.25, 0.3) is 5.70 Å². The van der Waals surface area contributed by atoms with Crippen molar-refractivity contribution >= 4 is 0 Å². The predicted octanol–water partition coefficient (Wildman–Crippen LogP) is 3.83. The summed E-state index contributed by atoms with van der Waals surface area (Å²) < 4.78 is 5.19. The molecule has 0 saturated carbocycles. The maximum Gasteiger partial charge on any atom is 0.272 e. The van der Waals surface area contributed by atoms with Crippen molar-refractivity contribution in [1.29, 1.82) is 0 Å². The van der Waals surface area contributed by atoms with Crippen LogP contribution in [-0.2, 0) is 4.74 Å². The topological polar surface area (TPSA) is 52.4 Å². The molecule has 0 aliphatic rings. The van der Waals surface area contributed by atoms with Gasteiger partial charge in [-0.1, -0.05) is 26.3 Å². The first kappa shape index (κ1) is 15.4. The second-order valence-electron chi connectivity index (χ2n) is 3.74. The quantitative estimate of drug-likeness (QED) is 0.293. The van der Waals surface area contributed by atoms with Gasteiger partial charge in [0.05, 0.1) is 18.1 Å². The summed E-state index contributed by atoms with van der Waals surface area (Å²) in [7, 11) is 1.53. The van der Waals surface area contributed by atoms with Crippen molar-refractivity contribution in [3.05, 3.63) is 45.4 Å². The van der Waals surface area contributed by atoms with Crippen LogP contribution in [0.1, 0.15) is 40.0 Å². The normalized spacial score (nSPS) is 13.8. The van der Waals surface area contributed by atoms with E-state index in [-0.39, 0.29) is 5.70 Å². The Kier molecular flexibility index (Phi) is 7.76. The largest absolute Gasteiger partial charge is 0.497 e. The fraction of sp³-hybridized carbons (Fsp3) is 0.538. The van der Waals surface area contributed by atoms with Crippen LogP contribution in [-0.4, -0.2) is 12.0 Å². The van der Waals surface area contributed by atoms with Gasteiger partial charge in [-0.2, -0.15) is 0 Å². The van der Waals surface area contributed by atoms with Crippen LogP contribution in [0.15, 0.2) is 35.3 Å². The van der Waals surface area contributed by atoms with Gasteiger partial charge in [0.15, 0.2) is 0 Å². The number of rotatable bonds is 7. The van der Waals surface area contributed by atoms with Crippen LogP contribution < -0.4 is 0 Å². The monoisotopic (exact) mass is 239 g/mol. The van der Waals surface area contributed by atoms with E-state index in [0.717, 1.165) is 24.8 Å². The average Bonchev–Trinajstić information content (AvgIpc) is 2.29. The fourth-order valence-corrected chi connectivity index (χ4v) is 1.39. The van der Waals surface area contributed by atoms with E-state index < -0.39 is 4.92 Å². The van der Waals surface area contributed by atoms with Crippen LogP contribution in [0.3, 0.4) is 0 Å². The number of methoxy groups -OCH3 is 1. The second kappa shape index (κ2) is 8.56. The molecule has 17 heavy (non-hydrogen) atoms. The number of nitro groups is 1. The Hall–Kier alpha value is -1.58. The standard InChI is InChI=1S/C13H21NO3/c1-5-7-9-12(14(15)16)10-13(17-4)11(3)8-6-2/h7,9-10H,5-6,8H2,1-4H3/b9-7+,12-10+,13-11-. The van der Waals surface area contributed by atoms with E-state index in [4.69, 9.17) is 4.74 Å². The van der Waals surface area contributed by atoms with E-state index in [1.165, 1.54) is 19.3 Å². The molecule has 0 spiro atoms. The highest BCUT2D eigenvalue weighted by atomic mass is 16.6. The highest BCUT2D eigenvalue weighted by Crippen LogP contribution is 2.15. The van der Waals surface area contributed by atoms with E-state index in [1.807, 2.05) is 13.8 Å². The highest BCUT2D eigenvalue weighted by molar-refractivity contribution is 5.25. The first-order valence-electron chi connectivity index (χ1n) is 5.83. The van der Waals surface area contributed by atoms with Crippen LogP contribution in [0.2, 0.25) is 0 Å². The van der Waals surface area contributed by atoms with Crippen LogP contribution in [0, 0.1) is 10.1 Å². The van der Waals surface area contributed by atoms with Crippen molar-refractivity contribution in [3.63, 3.8) is 0 Å². The lowest BCUT2D eigenvalue weighted by Crippen LogP contribution is -1.98. The molecule has 0 aliphatic heterocycles. The van der Waals surface area contributed by atoms with Gasteiger partial charge >= 0.3 is 0 Å². The fourth-order valence-electron chi connectivity index (χ4n) is 1.39. The van der Waals surface area contributed by atoms with Gasteiger partial charge in [-0.25, -0.2) is 0 Å². The highest BCUT2D eigenvalue weighted by Gasteiger charge is 2.09. The Balaban J connectivity index is 5.19. The molecule has 0 aromatic heterocycles. The maximum atomic E-state index is 10.8. The summed E-state index contributed by atoms with van der Waals surface area (Å²) in [6.45, 7) is 5.93. The molecular weight excluding hydrogens is 218 g/mol. The third-order valence-corrected chi connectivity index (χ3v) is 2.28. The zero-order valence-electron chi connectivity index (χ0n) is 11.0. The summed E-state index contributed by atoms with van der Waals surface area (Å²) in [6.07, 6.45) is 7.39. The van der Waals surface area contributed by atoms with Gasteiger partial charge in [0, 0.05) is 6.08 Å². The second-order valence-corrected chi connectivity index (χ2v) is 3.74. The minimum atomic E-state index is -0.398. The SMILES string of the molecule is CC/C=C/C(=C\C(OC)=C(/C)CCC)[N+](=O)[O-]. The number of nitrogens with zero attached hydrogens (tertiary/aromatic N) is 1. The number of hydrogen-bond donors (Lipinski definition) is 0. The zero-order chi connectivity index (χ0) is 13.3. The van der Waals surface area contributed by atoms with Gasteiger partial charge in [0.1, 0.15) is 5.76 Å². The maximum absolute atomic E-state index is 10.8. The third kappa shape index (κ3) is 5.90. The van der Waals surface area contributed by atoms with E-state index in [1.54, 1.807) is 6.08 Å². The Morgan fingerprint density at radius 2 is 2.06 bits per heavy atom. The van der Waals surface area contributed by atoms with Crippen LogP contribution >= 0.6 is 0 Å². The molecule has 0 N–H and O–H groups in total. The minimum Gasteiger partial charge on any atom is -0.497 e. The van der Waals surface area contributed by atoms with Crippen LogP contribution in [0.5, 0.6) is 0 Å². The molecule has 0 bridgehead atoms. The zero-order valence-corrected chi connectivity index (χ0v) is 11.0. The van der Waals surface area contributed by atoms with Crippen LogP contribution in [0.25, 0.3) is 0 Å². The van der Waals surface area contributed by atoms with Gasteiger partial charge < -0.3 is 4.74 Å². The van der Waals surface area contributed by atoms with Crippen molar-refractivity contribution in [2.24, 2.45) is 0 Å². The molecule has 0 aliphatic carbocycles. The van der Waals surface area contributed by atoms with Gasteiger partial charge in [-0.3, -0.25) is 10.1 Å². The molecule has 0 amide bonds. The molecule has 0 radical (unpaired) electrons. The van der Waals surface area contributed by atoms with Crippen molar-refractivity contribution in [2.45, 2.75) is 40.0 Å². The molecule has 0 saturated heterocycles. The summed E-state index contributed by atoms with van der Waals surface area (Å²) in [4.78, 5) is 10.4. The smallest absolute Gasteiger partial charge is 0.272 e. The Bertz CT molecular complexity index is 341. The molecule has 0 unspecified atom stereocenters. The lowest BCUT2D eigenvalue weighted by molar-refractivity contribution is -0.419. The van der Waals surface area contributed by atoms with Gasteiger partial charge in [-0.15, -0.1) is 0 Å². The summed E-state index contributed by atoms with van der Waals surface area (Å²) >= 11 is 0. The molecule has 0 fully saturated rings. The number of allylic oxidation sites excluding steroid dienone is 4. The molecule has 0 rings (SSSR count). The van der Waals surface area contributed by atoms with Gasteiger partial charge in [-0.05, 0) is 25.3 Å². The molecule has 0 heterocycles. The third-order valence-electron chi connectivity index (χ3n) is 2.28. The lowest BCUT2D eigenvalue weighted by atomic mass is 10.1.